The number of anilines is 2. The molecule has 2 aromatic carbocycles. The Morgan fingerprint density at radius 1 is 0.875 bits per heavy atom. The van der Waals surface area contributed by atoms with Crippen molar-refractivity contribution >= 4 is 22.8 Å². The van der Waals surface area contributed by atoms with Crippen LogP contribution < -0.4 is 10.6 Å². The molecular formula is C24H21F2N5O. The van der Waals surface area contributed by atoms with Crippen molar-refractivity contribution in [2.45, 2.75) is 19.0 Å². The summed E-state index contributed by atoms with van der Waals surface area (Å²) in [6, 6.07) is 16.4. The first-order chi connectivity index (χ1) is 15.6. The number of fused-ring (bicyclic) bond motifs is 1. The minimum Gasteiger partial charge on any atom is -0.379 e. The minimum atomic E-state index is -0.293. The molecule has 6 nitrogen and oxygen atoms in total. The monoisotopic (exact) mass is 433 g/mol. The third kappa shape index (κ3) is 4.50. The van der Waals surface area contributed by atoms with Crippen molar-refractivity contribution < 1.29 is 13.5 Å². The van der Waals surface area contributed by atoms with Crippen LogP contribution in [-0.4, -0.2) is 34.2 Å². The minimum absolute atomic E-state index is 0.134. The molecule has 162 valence electrons. The van der Waals surface area contributed by atoms with Crippen LogP contribution in [0.4, 0.5) is 20.5 Å². The van der Waals surface area contributed by atoms with Gasteiger partial charge in [-0.3, -0.25) is 0 Å². The second-order valence-electron chi connectivity index (χ2n) is 7.65. The number of hydrogen-bond acceptors (Lipinski definition) is 6. The molecule has 1 saturated heterocycles. The predicted molar refractivity (Wildman–Crippen MR) is 119 cm³/mol. The van der Waals surface area contributed by atoms with E-state index in [0.29, 0.717) is 48.3 Å². The number of rotatable bonds is 6. The molecule has 2 N–H and O–H groups in total. The van der Waals surface area contributed by atoms with Crippen LogP contribution in [0.25, 0.3) is 22.3 Å². The van der Waals surface area contributed by atoms with Crippen molar-refractivity contribution in [3.8, 4) is 11.3 Å². The van der Waals surface area contributed by atoms with Crippen LogP contribution in [0.1, 0.15) is 12.0 Å². The molecule has 5 rings (SSSR count). The lowest BCUT2D eigenvalue weighted by molar-refractivity contribution is 0.195. The maximum atomic E-state index is 13.3. The third-order valence-electron chi connectivity index (χ3n) is 5.32. The van der Waals surface area contributed by atoms with E-state index in [0.717, 1.165) is 17.5 Å². The van der Waals surface area contributed by atoms with Gasteiger partial charge in [0.2, 0.25) is 5.95 Å². The van der Waals surface area contributed by atoms with Gasteiger partial charge in [-0.2, -0.15) is 4.98 Å². The van der Waals surface area contributed by atoms with E-state index < -0.39 is 0 Å². The van der Waals surface area contributed by atoms with E-state index in [1.165, 1.54) is 24.3 Å². The lowest BCUT2D eigenvalue weighted by atomic mass is 10.1. The maximum absolute atomic E-state index is 13.3. The van der Waals surface area contributed by atoms with Gasteiger partial charge in [-0.1, -0.05) is 12.1 Å². The first-order valence-corrected chi connectivity index (χ1v) is 10.4. The highest BCUT2D eigenvalue weighted by Crippen LogP contribution is 2.26. The van der Waals surface area contributed by atoms with Crippen LogP contribution in [0.15, 0.2) is 60.7 Å². The second kappa shape index (κ2) is 8.84. The smallest absolute Gasteiger partial charge is 0.225 e. The van der Waals surface area contributed by atoms with E-state index in [2.05, 4.69) is 20.6 Å². The molecule has 8 heteroatoms. The molecule has 0 aliphatic carbocycles. The molecule has 1 atom stereocenters. The van der Waals surface area contributed by atoms with Crippen LogP contribution >= 0.6 is 0 Å². The molecule has 0 saturated carbocycles. The van der Waals surface area contributed by atoms with Gasteiger partial charge in [0.1, 0.15) is 17.2 Å². The molecule has 1 aliphatic rings. The van der Waals surface area contributed by atoms with E-state index in [1.807, 2.05) is 12.1 Å². The summed E-state index contributed by atoms with van der Waals surface area (Å²) in [5, 5.41) is 6.63. The lowest BCUT2D eigenvalue weighted by Crippen LogP contribution is -2.20. The number of hydrogen-bond donors (Lipinski definition) is 2. The fourth-order valence-corrected chi connectivity index (χ4v) is 3.60. The molecule has 1 aliphatic heterocycles. The lowest BCUT2D eigenvalue weighted by Gasteiger charge is -2.15. The number of nitrogens with zero attached hydrogens (tertiary/aromatic N) is 3. The number of halogens is 2. The Morgan fingerprint density at radius 3 is 2.34 bits per heavy atom. The number of benzene rings is 2. The van der Waals surface area contributed by atoms with E-state index in [1.54, 1.807) is 24.3 Å². The summed E-state index contributed by atoms with van der Waals surface area (Å²) in [6.07, 6.45) is 0.876. The van der Waals surface area contributed by atoms with Crippen molar-refractivity contribution in [1.82, 2.24) is 15.0 Å². The van der Waals surface area contributed by atoms with Gasteiger partial charge in [0, 0.05) is 18.7 Å². The SMILES string of the molecule is Fc1ccc(CNc2nc(NC3CCOC3)c3nc(-c4ccc(F)cc4)ccc3n2)cc1. The standard InChI is InChI=1S/C24H21F2N5O/c25-17-5-1-15(2-6-17)13-27-24-30-21-10-9-20(16-3-7-18(26)8-4-16)29-22(21)23(31-24)28-19-11-12-32-14-19/h1-10,19H,11-14H2,(H2,27,28,30,31). The van der Waals surface area contributed by atoms with E-state index in [-0.39, 0.29) is 17.7 Å². The maximum Gasteiger partial charge on any atom is 0.225 e. The number of nitrogens with one attached hydrogen (secondary N) is 2. The zero-order chi connectivity index (χ0) is 21.9. The summed E-state index contributed by atoms with van der Waals surface area (Å²) in [6.45, 7) is 1.75. The average molecular weight is 433 g/mol. The summed E-state index contributed by atoms with van der Waals surface area (Å²) in [4.78, 5) is 14.0. The van der Waals surface area contributed by atoms with Gasteiger partial charge < -0.3 is 15.4 Å². The van der Waals surface area contributed by atoms with Crippen LogP contribution in [0.5, 0.6) is 0 Å². The third-order valence-corrected chi connectivity index (χ3v) is 5.32. The highest BCUT2D eigenvalue weighted by molar-refractivity contribution is 5.88. The van der Waals surface area contributed by atoms with Crippen molar-refractivity contribution in [2.75, 3.05) is 23.8 Å². The van der Waals surface area contributed by atoms with Crippen LogP contribution in [-0.2, 0) is 11.3 Å². The van der Waals surface area contributed by atoms with Gasteiger partial charge in [-0.15, -0.1) is 0 Å². The van der Waals surface area contributed by atoms with Crippen molar-refractivity contribution in [2.24, 2.45) is 0 Å². The molecule has 0 radical (unpaired) electrons. The molecule has 32 heavy (non-hydrogen) atoms. The highest BCUT2D eigenvalue weighted by atomic mass is 19.1. The predicted octanol–water partition coefficient (Wildman–Crippen LogP) is 4.78. The number of aromatic nitrogens is 3. The van der Waals surface area contributed by atoms with E-state index >= 15 is 0 Å². The first kappa shape index (κ1) is 20.3. The van der Waals surface area contributed by atoms with Gasteiger partial charge in [0.15, 0.2) is 5.82 Å². The molecule has 1 fully saturated rings. The van der Waals surface area contributed by atoms with Crippen LogP contribution in [0.2, 0.25) is 0 Å². The Bertz CT molecular complexity index is 1230. The van der Waals surface area contributed by atoms with Gasteiger partial charge in [-0.05, 0) is 60.5 Å². The second-order valence-corrected chi connectivity index (χ2v) is 7.65. The first-order valence-electron chi connectivity index (χ1n) is 10.4. The molecule has 4 aromatic rings. The van der Waals surface area contributed by atoms with Crippen LogP contribution in [0, 0.1) is 11.6 Å². The Kier molecular flexibility index (Phi) is 5.60. The average Bonchev–Trinajstić information content (AvgIpc) is 3.32. The Morgan fingerprint density at radius 2 is 1.62 bits per heavy atom. The van der Waals surface area contributed by atoms with E-state index in [9.17, 15) is 8.78 Å². The number of pyridine rings is 1. The molecule has 0 spiro atoms. The fourth-order valence-electron chi connectivity index (χ4n) is 3.60. The summed E-state index contributed by atoms with van der Waals surface area (Å²) < 4.78 is 32.0. The van der Waals surface area contributed by atoms with Gasteiger partial charge in [0.05, 0.1) is 23.9 Å². The fraction of sp³-hybridized carbons (Fsp3) is 0.208. The quantitative estimate of drug-likeness (QED) is 0.456. The topological polar surface area (TPSA) is 72.0 Å². The summed E-state index contributed by atoms with van der Waals surface area (Å²) in [5.74, 6) is 0.484. The van der Waals surface area contributed by atoms with Gasteiger partial charge in [-0.25, -0.2) is 18.7 Å². The molecule has 3 heterocycles. The van der Waals surface area contributed by atoms with E-state index in [4.69, 9.17) is 9.72 Å². The summed E-state index contributed by atoms with van der Waals surface area (Å²) in [5.41, 5.74) is 3.74. The molecule has 0 bridgehead atoms. The molecule has 2 aromatic heterocycles. The van der Waals surface area contributed by atoms with Gasteiger partial charge >= 0.3 is 0 Å². The Hall–Kier alpha value is -3.65. The molecule has 1 unspecified atom stereocenters. The number of ether oxygens (including phenoxy) is 1. The van der Waals surface area contributed by atoms with Crippen molar-refractivity contribution in [3.63, 3.8) is 0 Å². The largest absolute Gasteiger partial charge is 0.379 e. The van der Waals surface area contributed by atoms with Crippen molar-refractivity contribution in [3.05, 3.63) is 77.9 Å². The molecule has 0 amide bonds. The Labute approximate surface area is 183 Å². The van der Waals surface area contributed by atoms with Crippen LogP contribution in [0.3, 0.4) is 0 Å². The van der Waals surface area contributed by atoms with Gasteiger partial charge in [0.25, 0.3) is 0 Å². The van der Waals surface area contributed by atoms with Crippen molar-refractivity contribution in [1.29, 1.82) is 0 Å². The normalized spacial score (nSPS) is 15.8. The zero-order valence-electron chi connectivity index (χ0n) is 17.2. The Balaban J connectivity index is 1.49. The highest BCUT2D eigenvalue weighted by Gasteiger charge is 2.19. The summed E-state index contributed by atoms with van der Waals surface area (Å²) >= 11 is 0. The zero-order valence-corrected chi connectivity index (χ0v) is 17.2. The summed E-state index contributed by atoms with van der Waals surface area (Å²) in [7, 11) is 0. The molecular weight excluding hydrogens is 412 g/mol.